The van der Waals surface area contributed by atoms with Crippen LogP contribution in [-0.2, 0) is 0 Å². The van der Waals surface area contributed by atoms with Gasteiger partial charge in [-0.15, -0.1) is 0 Å². The van der Waals surface area contributed by atoms with Crippen molar-refractivity contribution in [1.82, 2.24) is 10.2 Å². The number of hydrogen-bond donors (Lipinski definition) is 1. The van der Waals surface area contributed by atoms with E-state index in [0.29, 0.717) is 0 Å². The Labute approximate surface area is 129 Å². The molecule has 0 saturated carbocycles. The molecule has 1 aliphatic rings. The Kier molecular flexibility index (Phi) is 7.04. The van der Waals surface area contributed by atoms with E-state index in [1.165, 1.54) is 38.0 Å². The summed E-state index contributed by atoms with van der Waals surface area (Å²) in [5.41, 5.74) is 1.26. The molecule has 0 bridgehead atoms. The fourth-order valence-electron chi connectivity index (χ4n) is 2.99. The third-order valence-electron chi connectivity index (χ3n) is 4.30. The van der Waals surface area contributed by atoms with Crippen LogP contribution in [0.1, 0.15) is 31.7 Å². The average molecular weight is 290 g/mol. The van der Waals surface area contributed by atoms with E-state index in [2.05, 4.69) is 42.3 Å². The van der Waals surface area contributed by atoms with Gasteiger partial charge in [0.25, 0.3) is 0 Å². The van der Waals surface area contributed by atoms with Crippen molar-refractivity contribution in [2.24, 2.45) is 5.92 Å². The van der Waals surface area contributed by atoms with Gasteiger partial charge < -0.3 is 15.0 Å². The van der Waals surface area contributed by atoms with Gasteiger partial charge in [-0.25, -0.2) is 0 Å². The van der Waals surface area contributed by atoms with Crippen molar-refractivity contribution < 1.29 is 4.74 Å². The molecule has 1 saturated heterocycles. The van der Waals surface area contributed by atoms with Crippen LogP contribution in [0.25, 0.3) is 0 Å². The Morgan fingerprint density at radius 2 is 2.10 bits per heavy atom. The van der Waals surface area contributed by atoms with Crippen molar-refractivity contribution in [3.8, 4) is 5.75 Å². The maximum atomic E-state index is 5.84. The normalized spacial score (nSPS) is 16.3. The molecule has 3 heteroatoms. The van der Waals surface area contributed by atoms with Crippen molar-refractivity contribution in [3.63, 3.8) is 0 Å². The topological polar surface area (TPSA) is 24.5 Å². The predicted octanol–water partition coefficient (Wildman–Crippen LogP) is 3.09. The molecule has 1 aliphatic heterocycles. The van der Waals surface area contributed by atoms with E-state index < -0.39 is 0 Å². The lowest BCUT2D eigenvalue weighted by atomic mass is 9.97. The molecule has 1 N–H and O–H groups in total. The van der Waals surface area contributed by atoms with E-state index in [-0.39, 0.29) is 0 Å². The van der Waals surface area contributed by atoms with Crippen molar-refractivity contribution in [2.45, 2.75) is 33.1 Å². The highest BCUT2D eigenvalue weighted by Gasteiger charge is 2.15. The molecule has 1 heterocycles. The summed E-state index contributed by atoms with van der Waals surface area (Å²) in [4.78, 5) is 2.58. The van der Waals surface area contributed by atoms with Gasteiger partial charge in [0.15, 0.2) is 0 Å². The van der Waals surface area contributed by atoms with Crippen molar-refractivity contribution in [2.75, 3.05) is 39.3 Å². The minimum atomic E-state index is 0.812. The number of aryl methyl sites for hydroxylation is 1. The lowest BCUT2D eigenvalue weighted by Gasteiger charge is -2.29. The molecule has 0 unspecified atom stereocenters. The number of ether oxygens (including phenoxy) is 1. The first-order valence-electron chi connectivity index (χ1n) is 8.40. The van der Waals surface area contributed by atoms with Gasteiger partial charge in [-0.3, -0.25) is 0 Å². The summed E-state index contributed by atoms with van der Waals surface area (Å²) < 4.78 is 5.84. The van der Waals surface area contributed by atoms with Crippen LogP contribution in [0.3, 0.4) is 0 Å². The summed E-state index contributed by atoms with van der Waals surface area (Å²) in [5, 5.41) is 3.44. The first-order valence-corrected chi connectivity index (χ1v) is 8.40. The van der Waals surface area contributed by atoms with Gasteiger partial charge in [0, 0.05) is 13.1 Å². The molecule has 118 valence electrons. The summed E-state index contributed by atoms with van der Waals surface area (Å²) in [5.74, 6) is 1.88. The Morgan fingerprint density at radius 3 is 2.81 bits per heavy atom. The molecular formula is C18H30N2O. The van der Waals surface area contributed by atoms with E-state index in [1.807, 2.05) is 6.07 Å². The quantitative estimate of drug-likeness (QED) is 0.745. The zero-order valence-corrected chi connectivity index (χ0v) is 13.6. The molecule has 1 aromatic carbocycles. The van der Waals surface area contributed by atoms with E-state index >= 15 is 0 Å². The molecule has 21 heavy (non-hydrogen) atoms. The zero-order valence-electron chi connectivity index (χ0n) is 13.6. The molecule has 0 spiro atoms. The number of rotatable bonds is 8. The SMILES string of the molecule is CCN(CCCOc1cccc(C)c1)CC1CCNCC1. The van der Waals surface area contributed by atoms with Gasteiger partial charge in [0.2, 0.25) is 0 Å². The lowest BCUT2D eigenvalue weighted by molar-refractivity contribution is 0.196. The average Bonchev–Trinajstić information content (AvgIpc) is 2.51. The minimum absolute atomic E-state index is 0.812. The van der Waals surface area contributed by atoms with Crippen LogP contribution in [0.15, 0.2) is 24.3 Å². The fourth-order valence-corrected chi connectivity index (χ4v) is 2.99. The largest absolute Gasteiger partial charge is 0.494 e. The molecule has 1 fully saturated rings. The molecule has 0 atom stereocenters. The summed E-state index contributed by atoms with van der Waals surface area (Å²) in [6.07, 6.45) is 3.76. The van der Waals surface area contributed by atoms with Crippen LogP contribution in [0.5, 0.6) is 5.75 Å². The van der Waals surface area contributed by atoms with Gasteiger partial charge in [0.05, 0.1) is 6.61 Å². The molecule has 2 rings (SSSR count). The minimum Gasteiger partial charge on any atom is -0.494 e. The predicted molar refractivity (Wildman–Crippen MR) is 89.0 cm³/mol. The van der Waals surface area contributed by atoms with Gasteiger partial charge in [-0.1, -0.05) is 19.1 Å². The monoisotopic (exact) mass is 290 g/mol. The lowest BCUT2D eigenvalue weighted by Crippen LogP contribution is -2.36. The zero-order chi connectivity index (χ0) is 14.9. The number of benzene rings is 1. The summed E-state index contributed by atoms with van der Waals surface area (Å²) >= 11 is 0. The van der Waals surface area contributed by atoms with Gasteiger partial charge in [-0.05, 0) is 69.4 Å². The fraction of sp³-hybridized carbons (Fsp3) is 0.667. The highest BCUT2D eigenvalue weighted by molar-refractivity contribution is 5.27. The van der Waals surface area contributed by atoms with Crippen LogP contribution in [-0.4, -0.2) is 44.2 Å². The third kappa shape index (κ3) is 6.06. The molecule has 3 nitrogen and oxygen atoms in total. The first kappa shape index (κ1) is 16.3. The van der Waals surface area contributed by atoms with Crippen molar-refractivity contribution >= 4 is 0 Å². The summed E-state index contributed by atoms with van der Waals surface area (Å²) in [6.45, 7) is 11.1. The Hall–Kier alpha value is -1.06. The van der Waals surface area contributed by atoms with Crippen LogP contribution < -0.4 is 10.1 Å². The van der Waals surface area contributed by atoms with Crippen molar-refractivity contribution in [3.05, 3.63) is 29.8 Å². The second kappa shape index (κ2) is 9.06. The van der Waals surface area contributed by atoms with Gasteiger partial charge in [-0.2, -0.15) is 0 Å². The molecule has 0 amide bonds. The molecule has 0 aliphatic carbocycles. The Bertz CT molecular complexity index is 402. The van der Waals surface area contributed by atoms with E-state index in [9.17, 15) is 0 Å². The molecule has 0 radical (unpaired) electrons. The number of piperidine rings is 1. The standard InChI is InChI=1S/C18H30N2O/c1-3-20(15-17-8-10-19-11-9-17)12-5-13-21-18-7-4-6-16(2)14-18/h4,6-7,14,17,19H,3,5,8-13,15H2,1-2H3. The maximum Gasteiger partial charge on any atom is 0.119 e. The summed E-state index contributed by atoms with van der Waals surface area (Å²) in [7, 11) is 0. The number of nitrogens with zero attached hydrogens (tertiary/aromatic N) is 1. The van der Waals surface area contributed by atoms with Gasteiger partial charge >= 0.3 is 0 Å². The van der Waals surface area contributed by atoms with Crippen LogP contribution in [0, 0.1) is 12.8 Å². The summed E-state index contributed by atoms with van der Waals surface area (Å²) in [6, 6.07) is 8.30. The maximum absolute atomic E-state index is 5.84. The number of hydrogen-bond acceptors (Lipinski definition) is 3. The molecule has 0 aromatic heterocycles. The highest BCUT2D eigenvalue weighted by atomic mass is 16.5. The third-order valence-corrected chi connectivity index (χ3v) is 4.30. The first-order chi connectivity index (χ1) is 10.3. The second-order valence-corrected chi connectivity index (χ2v) is 6.11. The molecule has 1 aromatic rings. The second-order valence-electron chi connectivity index (χ2n) is 6.11. The van der Waals surface area contributed by atoms with Gasteiger partial charge in [0.1, 0.15) is 5.75 Å². The van der Waals surface area contributed by atoms with E-state index in [4.69, 9.17) is 4.74 Å². The molecular weight excluding hydrogens is 260 g/mol. The van der Waals surface area contributed by atoms with Crippen LogP contribution in [0.4, 0.5) is 0 Å². The Morgan fingerprint density at radius 1 is 1.29 bits per heavy atom. The van der Waals surface area contributed by atoms with E-state index in [0.717, 1.165) is 37.8 Å². The van der Waals surface area contributed by atoms with Crippen molar-refractivity contribution in [1.29, 1.82) is 0 Å². The van der Waals surface area contributed by atoms with Crippen LogP contribution >= 0.6 is 0 Å². The Balaban J connectivity index is 1.63. The van der Waals surface area contributed by atoms with E-state index in [1.54, 1.807) is 0 Å². The number of nitrogens with one attached hydrogen (secondary N) is 1. The highest BCUT2D eigenvalue weighted by Crippen LogP contribution is 2.14. The van der Waals surface area contributed by atoms with Crippen LogP contribution in [0.2, 0.25) is 0 Å². The smallest absolute Gasteiger partial charge is 0.119 e.